The summed E-state index contributed by atoms with van der Waals surface area (Å²) in [6.45, 7) is 1.79. The number of hydrogen-bond donors (Lipinski definition) is 1. The van der Waals surface area contributed by atoms with Crippen molar-refractivity contribution in [3.05, 3.63) is 0 Å². The summed E-state index contributed by atoms with van der Waals surface area (Å²) in [7, 11) is -3.83. The fraction of sp³-hybridized carbons (Fsp3) is 0.800. The highest BCUT2D eigenvalue weighted by atomic mass is 32.2. The van der Waals surface area contributed by atoms with Crippen LogP contribution >= 0.6 is 0 Å². The second kappa shape index (κ2) is 5.47. The highest BCUT2D eigenvalue weighted by molar-refractivity contribution is 7.90. The van der Waals surface area contributed by atoms with Gasteiger partial charge in [-0.1, -0.05) is 6.92 Å². The van der Waals surface area contributed by atoms with Crippen molar-refractivity contribution in [1.82, 2.24) is 4.31 Å². The molecule has 1 fully saturated rings. The summed E-state index contributed by atoms with van der Waals surface area (Å²) < 4.78 is 25.2. The normalized spacial score (nSPS) is 23.9. The summed E-state index contributed by atoms with van der Waals surface area (Å²) in [5.74, 6) is -1.14. The maximum atomic E-state index is 12.1. The van der Waals surface area contributed by atoms with Crippen molar-refractivity contribution in [3.8, 4) is 6.07 Å². The van der Waals surface area contributed by atoms with E-state index in [-0.39, 0.29) is 13.0 Å². The maximum absolute atomic E-state index is 12.1. The lowest BCUT2D eigenvalue weighted by molar-refractivity contribution is -0.142. The Morgan fingerprint density at radius 2 is 2.24 bits per heavy atom. The van der Waals surface area contributed by atoms with Crippen LogP contribution in [0.15, 0.2) is 0 Å². The van der Waals surface area contributed by atoms with Gasteiger partial charge in [0, 0.05) is 6.54 Å². The molecule has 0 bridgehead atoms. The summed E-state index contributed by atoms with van der Waals surface area (Å²) in [5.41, 5.74) is 0. The molecule has 7 heteroatoms. The lowest BCUT2D eigenvalue weighted by Crippen LogP contribution is -2.50. The van der Waals surface area contributed by atoms with Crippen LogP contribution in [0.1, 0.15) is 32.6 Å². The van der Waals surface area contributed by atoms with Crippen LogP contribution < -0.4 is 0 Å². The monoisotopic (exact) mass is 260 g/mol. The van der Waals surface area contributed by atoms with E-state index in [0.29, 0.717) is 19.3 Å². The molecule has 0 saturated carbocycles. The molecule has 0 radical (unpaired) electrons. The summed E-state index contributed by atoms with van der Waals surface area (Å²) in [4.78, 5) is 11.0. The summed E-state index contributed by atoms with van der Waals surface area (Å²) in [5, 5.41) is 16.7. The summed E-state index contributed by atoms with van der Waals surface area (Å²) >= 11 is 0. The third-order valence-corrected chi connectivity index (χ3v) is 5.19. The van der Waals surface area contributed by atoms with Gasteiger partial charge in [0.1, 0.15) is 6.04 Å². The predicted molar refractivity (Wildman–Crippen MR) is 60.6 cm³/mol. The highest BCUT2D eigenvalue weighted by Gasteiger charge is 2.40. The number of sulfonamides is 1. The van der Waals surface area contributed by atoms with Crippen LogP contribution in [0.4, 0.5) is 0 Å². The SMILES string of the molecule is CCC(C#N)S(=O)(=O)N1CCCC[C@@H]1C(=O)O. The number of carboxylic acid groups (broad SMARTS) is 1. The van der Waals surface area contributed by atoms with Gasteiger partial charge in [0.2, 0.25) is 10.0 Å². The molecule has 0 aromatic heterocycles. The third-order valence-electron chi connectivity index (χ3n) is 2.94. The Bertz CT molecular complexity index is 426. The number of nitriles is 1. The average molecular weight is 260 g/mol. The second-order valence-corrected chi connectivity index (χ2v) is 6.10. The first kappa shape index (κ1) is 13.9. The quantitative estimate of drug-likeness (QED) is 0.796. The molecule has 1 aliphatic heterocycles. The maximum Gasteiger partial charge on any atom is 0.322 e. The molecule has 1 saturated heterocycles. The van der Waals surface area contributed by atoms with Crippen molar-refractivity contribution >= 4 is 16.0 Å². The van der Waals surface area contributed by atoms with Gasteiger partial charge in [-0.3, -0.25) is 4.79 Å². The number of hydrogen-bond acceptors (Lipinski definition) is 4. The van der Waals surface area contributed by atoms with Crippen molar-refractivity contribution in [3.63, 3.8) is 0 Å². The highest BCUT2D eigenvalue weighted by Crippen LogP contribution is 2.24. The number of carbonyl (C=O) groups is 1. The van der Waals surface area contributed by atoms with Gasteiger partial charge in [0.15, 0.2) is 5.25 Å². The minimum atomic E-state index is -3.83. The van der Waals surface area contributed by atoms with Crippen LogP contribution in [0.3, 0.4) is 0 Å². The molecular weight excluding hydrogens is 244 g/mol. The van der Waals surface area contributed by atoms with Gasteiger partial charge in [-0.05, 0) is 25.7 Å². The summed E-state index contributed by atoms with van der Waals surface area (Å²) in [6, 6.07) is 0.709. The van der Waals surface area contributed by atoms with Crippen molar-refractivity contribution in [2.75, 3.05) is 6.54 Å². The standard InChI is InChI=1S/C10H16N2O4S/c1-2-8(7-11)17(15,16)12-6-4-3-5-9(12)10(13)14/h8-9H,2-6H2,1H3,(H,13,14)/t8?,9-/m1/s1. The molecule has 1 heterocycles. The lowest BCUT2D eigenvalue weighted by Gasteiger charge is -2.32. The first-order valence-corrected chi connectivity index (χ1v) is 7.08. The molecule has 0 amide bonds. The van der Waals surface area contributed by atoms with E-state index in [1.807, 2.05) is 0 Å². The molecule has 0 spiro atoms. The molecule has 0 aliphatic carbocycles. The Morgan fingerprint density at radius 1 is 1.59 bits per heavy atom. The molecule has 1 unspecified atom stereocenters. The number of aliphatic carboxylic acids is 1. The zero-order chi connectivity index (χ0) is 13.1. The van der Waals surface area contributed by atoms with E-state index in [2.05, 4.69) is 0 Å². The van der Waals surface area contributed by atoms with Crippen LogP contribution in [-0.2, 0) is 14.8 Å². The smallest absolute Gasteiger partial charge is 0.322 e. The summed E-state index contributed by atoms with van der Waals surface area (Å²) in [6.07, 6.45) is 1.83. The Hall–Kier alpha value is -1.13. The van der Waals surface area contributed by atoms with Gasteiger partial charge in [0.05, 0.1) is 6.07 Å². The molecule has 2 atom stereocenters. The largest absolute Gasteiger partial charge is 0.480 e. The fourth-order valence-corrected chi connectivity index (χ4v) is 3.80. The molecule has 0 aromatic rings. The fourth-order valence-electron chi connectivity index (χ4n) is 1.99. The van der Waals surface area contributed by atoms with Crippen LogP contribution in [0, 0.1) is 11.3 Å². The number of carboxylic acids is 1. The van der Waals surface area contributed by atoms with Crippen LogP contribution in [-0.4, -0.2) is 41.6 Å². The average Bonchev–Trinajstić information content (AvgIpc) is 2.30. The van der Waals surface area contributed by atoms with Gasteiger partial charge >= 0.3 is 5.97 Å². The van der Waals surface area contributed by atoms with Crippen LogP contribution in [0.5, 0.6) is 0 Å². The first-order valence-electron chi connectivity index (χ1n) is 5.58. The Labute approximate surface area is 101 Å². The van der Waals surface area contributed by atoms with Crippen LogP contribution in [0.25, 0.3) is 0 Å². The topological polar surface area (TPSA) is 98.5 Å². The predicted octanol–water partition coefficient (Wildman–Crippen LogP) is 0.557. The first-order chi connectivity index (χ1) is 7.95. The zero-order valence-electron chi connectivity index (χ0n) is 9.66. The molecule has 1 aliphatic rings. The molecule has 6 nitrogen and oxygen atoms in total. The minimum Gasteiger partial charge on any atom is -0.480 e. The van der Waals surface area contributed by atoms with E-state index in [0.717, 1.165) is 4.31 Å². The third kappa shape index (κ3) is 2.76. The van der Waals surface area contributed by atoms with E-state index in [9.17, 15) is 13.2 Å². The molecule has 0 aromatic carbocycles. The van der Waals surface area contributed by atoms with Gasteiger partial charge in [-0.2, -0.15) is 9.57 Å². The van der Waals surface area contributed by atoms with E-state index in [4.69, 9.17) is 10.4 Å². The van der Waals surface area contributed by atoms with Gasteiger partial charge in [-0.15, -0.1) is 0 Å². The van der Waals surface area contributed by atoms with Crippen molar-refractivity contribution in [2.24, 2.45) is 0 Å². The lowest BCUT2D eigenvalue weighted by atomic mass is 10.1. The van der Waals surface area contributed by atoms with E-state index in [1.54, 1.807) is 13.0 Å². The van der Waals surface area contributed by atoms with Gasteiger partial charge < -0.3 is 5.11 Å². The molecule has 96 valence electrons. The van der Waals surface area contributed by atoms with E-state index >= 15 is 0 Å². The number of nitrogens with zero attached hydrogens (tertiary/aromatic N) is 2. The Balaban J connectivity index is 3.03. The zero-order valence-corrected chi connectivity index (χ0v) is 10.5. The van der Waals surface area contributed by atoms with Gasteiger partial charge in [0.25, 0.3) is 0 Å². The van der Waals surface area contributed by atoms with Crippen LogP contribution in [0.2, 0.25) is 0 Å². The van der Waals surface area contributed by atoms with E-state index in [1.165, 1.54) is 0 Å². The molecule has 1 N–H and O–H groups in total. The van der Waals surface area contributed by atoms with E-state index < -0.39 is 27.3 Å². The van der Waals surface area contributed by atoms with Gasteiger partial charge in [-0.25, -0.2) is 8.42 Å². The Kier molecular flexibility index (Phi) is 4.48. The van der Waals surface area contributed by atoms with Crippen molar-refractivity contribution in [2.45, 2.75) is 43.9 Å². The van der Waals surface area contributed by atoms with Crippen molar-refractivity contribution in [1.29, 1.82) is 5.26 Å². The molecule has 1 rings (SSSR count). The number of rotatable bonds is 4. The molecular formula is C10H16N2O4S. The number of piperidine rings is 1. The minimum absolute atomic E-state index is 0.168. The van der Waals surface area contributed by atoms with Crippen molar-refractivity contribution < 1.29 is 18.3 Å². The Morgan fingerprint density at radius 3 is 2.71 bits per heavy atom. The molecule has 17 heavy (non-hydrogen) atoms. The second-order valence-electron chi connectivity index (χ2n) is 4.03.